The summed E-state index contributed by atoms with van der Waals surface area (Å²) in [4.78, 5) is 23.4. The first kappa shape index (κ1) is 30.3. The molecule has 0 aliphatic carbocycles. The smallest absolute Gasteiger partial charge is 0.266 e. The van der Waals surface area contributed by atoms with Crippen LogP contribution in [0.2, 0.25) is 10.0 Å². The molecule has 0 saturated heterocycles. The maximum atomic E-state index is 14.4. The van der Waals surface area contributed by atoms with Gasteiger partial charge in [0.1, 0.15) is 0 Å². The van der Waals surface area contributed by atoms with Crippen LogP contribution >= 0.6 is 35.6 Å². The van der Waals surface area contributed by atoms with Crippen molar-refractivity contribution in [3.63, 3.8) is 0 Å². The average molecular weight is 603 g/mol. The van der Waals surface area contributed by atoms with Gasteiger partial charge in [-0.2, -0.15) is 0 Å². The number of halogens is 3. The normalized spacial score (nSPS) is 16.1. The Morgan fingerprint density at radius 3 is 1.78 bits per heavy atom. The Morgan fingerprint density at radius 1 is 0.780 bits per heavy atom. The number of amides is 1. The molecule has 3 atom stereocenters. The summed E-state index contributed by atoms with van der Waals surface area (Å²) in [6, 6.07) is 32.2. The molecule has 0 spiro atoms. The minimum Gasteiger partial charge on any atom is -0.312 e. The van der Waals surface area contributed by atoms with Gasteiger partial charge in [-0.25, -0.2) is 0 Å². The van der Waals surface area contributed by atoms with Gasteiger partial charge in [0.15, 0.2) is 6.17 Å². The number of para-hydroxylation sites is 1. The molecule has 1 aliphatic heterocycles. The summed E-state index contributed by atoms with van der Waals surface area (Å²) in [6.45, 7) is 8.36. The van der Waals surface area contributed by atoms with Crippen molar-refractivity contribution < 1.29 is 4.79 Å². The number of likely N-dealkylation sites (N-methyl/N-ethyl adjacent to an activating group) is 1. The fraction of sp³-hybridized carbons (Fsp3) is 0.118. The number of carbonyl (C=O) groups is 1. The highest BCUT2D eigenvalue weighted by Gasteiger charge is 2.40. The lowest BCUT2D eigenvalue weighted by Crippen LogP contribution is -2.48. The Hall–Kier alpha value is -3.67. The van der Waals surface area contributed by atoms with E-state index in [0.717, 1.165) is 33.7 Å². The van der Waals surface area contributed by atoms with E-state index in [2.05, 4.69) is 18.1 Å². The lowest BCUT2D eigenvalue weighted by atomic mass is 9.97. The average Bonchev–Trinajstić information content (AvgIpc) is 3.09. The highest BCUT2D eigenvalue weighted by Crippen LogP contribution is 2.38. The summed E-state index contributed by atoms with van der Waals surface area (Å²) < 4.78 is 0. The van der Waals surface area contributed by atoms with E-state index >= 15 is 0 Å². The fourth-order valence-electron chi connectivity index (χ4n) is 5.18. The van der Waals surface area contributed by atoms with Crippen molar-refractivity contribution in [3.8, 4) is 0 Å². The second kappa shape index (κ2) is 13.3. The van der Waals surface area contributed by atoms with Crippen molar-refractivity contribution >= 4 is 52.9 Å². The third kappa shape index (κ3) is 6.17. The van der Waals surface area contributed by atoms with Crippen LogP contribution in [0.4, 0.5) is 5.69 Å². The first-order chi connectivity index (χ1) is 19.4. The number of nitrogens with zero attached hydrogens (tertiary/aromatic N) is 3. The molecule has 7 heteroatoms. The van der Waals surface area contributed by atoms with Gasteiger partial charge in [0, 0.05) is 28.2 Å². The van der Waals surface area contributed by atoms with Crippen LogP contribution in [0.3, 0.4) is 0 Å². The van der Waals surface area contributed by atoms with Crippen molar-refractivity contribution in [1.82, 2.24) is 4.90 Å². The van der Waals surface area contributed by atoms with Gasteiger partial charge in [-0.1, -0.05) is 108 Å². The summed E-state index contributed by atoms with van der Waals surface area (Å²) in [5, 5.41) is 1.25. The predicted molar refractivity (Wildman–Crippen MR) is 174 cm³/mol. The van der Waals surface area contributed by atoms with Crippen LogP contribution in [0.5, 0.6) is 0 Å². The Morgan fingerprint density at radius 2 is 1.27 bits per heavy atom. The number of rotatable bonds is 8. The van der Waals surface area contributed by atoms with E-state index in [0.29, 0.717) is 10.0 Å². The van der Waals surface area contributed by atoms with Gasteiger partial charge in [-0.05, 0) is 41.5 Å². The molecule has 4 aromatic carbocycles. The molecule has 41 heavy (non-hydrogen) atoms. The largest absolute Gasteiger partial charge is 0.312 e. The molecule has 1 heterocycles. The third-order valence-electron chi connectivity index (χ3n) is 7.16. The van der Waals surface area contributed by atoms with Gasteiger partial charge in [0.2, 0.25) is 0 Å². The van der Waals surface area contributed by atoms with Crippen LogP contribution in [0.15, 0.2) is 133 Å². The number of benzodiazepines with no additional fused rings is 1. The van der Waals surface area contributed by atoms with Crippen LogP contribution < -0.4 is 4.90 Å². The minimum atomic E-state index is -0.912. The molecule has 5 rings (SSSR count). The number of aliphatic imine (C=N–C) groups is 1. The van der Waals surface area contributed by atoms with Gasteiger partial charge < -0.3 is 4.90 Å². The number of benzene rings is 4. The second-order valence-electron chi connectivity index (χ2n) is 9.54. The Balaban J connectivity index is 0.00000387. The molecule has 0 fully saturated rings. The molecule has 1 aliphatic rings. The van der Waals surface area contributed by atoms with Crippen LogP contribution in [0.1, 0.15) is 34.3 Å². The molecular formula is C34H30Cl3N3O. The lowest BCUT2D eigenvalue weighted by Gasteiger charge is -2.40. The van der Waals surface area contributed by atoms with Crippen molar-refractivity contribution in [2.24, 2.45) is 4.99 Å². The SMILES string of the molecule is C=CC(c1ccc(Cl)cc1)N(C(C=C)c1ccc(Cl)cc1)[C@@H]1N=C(c2ccccc2)c2ccccc2N(C)C1=O.Cl. The van der Waals surface area contributed by atoms with E-state index < -0.39 is 18.2 Å². The van der Waals surface area contributed by atoms with Crippen molar-refractivity contribution in [3.05, 3.63) is 161 Å². The number of anilines is 1. The Labute approximate surface area is 257 Å². The van der Waals surface area contributed by atoms with Gasteiger partial charge in [-0.15, -0.1) is 25.6 Å². The molecule has 208 valence electrons. The second-order valence-corrected chi connectivity index (χ2v) is 10.4. The Bertz CT molecular complexity index is 1500. The van der Waals surface area contributed by atoms with Gasteiger partial charge in [-0.3, -0.25) is 14.7 Å². The maximum Gasteiger partial charge on any atom is 0.266 e. The minimum absolute atomic E-state index is 0. The van der Waals surface area contributed by atoms with E-state index in [1.807, 2.05) is 115 Å². The highest BCUT2D eigenvalue weighted by molar-refractivity contribution is 6.30. The molecule has 0 bridgehead atoms. The van der Waals surface area contributed by atoms with E-state index in [1.165, 1.54) is 0 Å². The summed E-state index contributed by atoms with van der Waals surface area (Å²) >= 11 is 12.5. The molecule has 0 radical (unpaired) electrons. The summed E-state index contributed by atoms with van der Waals surface area (Å²) in [6.07, 6.45) is 2.75. The fourth-order valence-corrected chi connectivity index (χ4v) is 5.43. The van der Waals surface area contributed by atoms with Crippen LogP contribution in [-0.4, -0.2) is 29.7 Å². The standard InChI is InChI=1S/C34H29Cl2N3O.ClH/c1-4-29(23-15-19-26(35)20-16-23)39(30(5-2)24-17-21-27(36)22-18-24)33-34(40)38(3)31-14-10-9-13-28(31)32(37-33)25-11-7-6-8-12-25;/h4-22,29-30,33H,1-2H2,3H3;1H/t29?,30?,33-;/m0./s1. The van der Waals surface area contributed by atoms with Gasteiger partial charge in [0.25, 0.3) is 5.91 Å². The third-order valence-corrected chi connectivity index (χ3v) is 7.67. The highest BCUT2D eigenvalue weighted by atomic mass is 35.5. The summed E-state index contributed by atoms with van der Waals surface area (Å²) in [7, 11) is 1.80. The number of hydrogen-bond acceptors (Lipinski definition) is 3. The van der Waals surface area contributed by atoms with E-state index in [4.69, 9.17) is 28.2 Å². The number of hydrogen-bond donors (Lipinski definition) is 0. The monoisotopic (exact) mass is 601 g/mol. The van der Waals surface area contributed by atoms with Crippen LogP contribution in [0.25, 0.3) is 0 Å². The zero-order valence-corrected chi connectivity index (χ0v) is 24.9. The molecular weight excluding hydrogens is 573 g/mol. The molecule has 2 unspecified atom stereocenters. The van der Waals surface area contributed by atoms with Gasteiger partial charge in [0.05, 0.1) is 23.5 Å². The maximum absolute atomic E-state index is 14.4. The van der Waals surface area contributed by atoms with Crippen molar-refractivity contribution in [2.75, 3.05) is 11.9 Å². The number of carbonyl (C=O) groups excluding carboxylic acids is 1. The van der Waals surface area contributed by atoms with Crippen LogP contribution in [0, 0.1) is 0 Å². The Kier molecular flexibility index (Phi) is 9.85. The lowest BCUT2D eigenvalue weighted by molar-refractivity contribution is -0.124. The predicted octanol–water partition coefficient (Wildman–Crippen LogP) is 8.71. The zero-order chi connectivity index (χ0) is 28.2. The van der Waals surface area contributed by atoms with E-state index in [-0.39, 0.29) is 18.3 Å². The first-order valence-corrected chi connectivity index (χ1v) is 13.7. The van der Waals surface area contributed by atoms with Gasteiger partial charge >= 0.3 is 0 Å². The molecule has 4 nitrogen and oxygen atoms in total. The zero-order valence-electron chi connectivity index (χ0n) is 22.5. The van der Waals surface area contributed by atoms with Crippen molar-refractivity contribution in [2.45, 2.75) is 18.2 Å². The molecule has 0 saturated carbocycles. The first-order valence-electron chi connectivity index (χ1n) is 13.0. The number of fused-ring (bicyclic) bond motifs is 1. The van der Waals surface area contributed by atoms with Crippen molar-refractivity contribution in [1.29, 1.82) is 0 Å². The quantitative estimate of drug-likeness (QED) is 0.189. The van der Waals surface area contributed by atoms with E-state index in [1.54, 1.807) is 11.9 Å². The topological polar surface area (TPSA) is 35.9 Å². The summed E-state index contributed by atoms with van der Waals surface area (Å²) in [5.74, 6) is -0.167. The molecule has 4 aromatic rings. The molecule has 1 amide bonds. The van der Waals surface area contributed by atoms with E-state index in [9.17, 15) is 4.79 Å². The molecule has 0 N–H and O–H groups in total. The molecule has 0 aromatic heterocycles. The van der Waals surface area contributed by atoms with Crippen LogP contribution in [-0.2, 0) is 4.79 Å². The summed E-state index contributed by atoms with van der Waals surface area (Å²) in [5.41, 5.74) is 5.19.